The summed E-state index contributed by atoms with van der Waals surface area (Å²) in [5.74, 6) is -0.739. The van der Waals surface area contributed by atoms with E-state index < -0.39 is 12.1 Å². The van der Waals surface area contributed by atoms with Crippen LogP contribution in [0.15, 0.2) is 58.7 Å². The molecule has 0 unspecified atom stereocenters. The molecule has 206 valence electrons. The number of nitrogens with one attached hydrogen (secondary N) is 2. The fourth-order valence-electron chi connectivity index (χ4n) is 3.16. The first-order chi connectivity index (χ1) is 18.4. The van der Waals surface area contributed by atoms with Gasteiger partial charge in [0.2, 0.25) is 0 Å². The van der Waals surface area contributed by atoms with E-state index >= 15 is 0 Å². The van der Waals surface area contributed by atoms with Gasteiger partial charge in [-0.05, 0) is 48.2 Å². The zero-order chi connectivity index (χ0) is 27.6. The van der Waals surface area contributed by atoms with Gasteiger partial charge in [0.1, 0.15) is 11.6 Å². The number of carbonyl (C=O) groups excluding carboxylic acids is 2. The van der Waals surface area contributed by atoms with Crippen LogP contribution in [0.25, 0.3) is 0 Å². The largest absolute Gasteiger partial charge is 0.394 e. The van der Waals surface area contributed by atoms with Crippen LogP contribution in [0.4, 0.5) is 18.4 Å². The van der Waals surface area contributed by atoms with Crippen molar-refractivity contribution in [3.05, 3.63) is 71.3 Å². The van der Waals surface area contributed by atoms with Gasteiger partial charge in [-0.15, -0.1) is 0 Å². The minimum Gasteiger partial charge on any atom is -0.394 e. The Morgan fingerprint density at radius 2 is 1.05 bits per heavy atom. The van der Waals surface area contributed by atoms with Gasteiger partial charge in [-0.25, -0.2) is 28.4 Å². The summed E-state index contributed by atoms with van der Waals surface area (Å²) in [6.07, 6.45) is 5.90. The van der Waals surface area contributed by atoms with Gasteiger partial charge >= 0.3 is 12.1 Å². The van der Waals surface area contributed by atoms with E-state index in [1.54, 1.807) is 0 Å². The van der Waals surface area contributed by atoms with Gasteiger partial charge in [0.15, 0.2) is 0 Å². The lowest BCUT2D eigenvalue weighted by Gasteiger charge is -2.17. The molecule has 38 heavy (non-hydrogen) atoms. The van der Waals surface area contributed by atoms with Crippen LogP contribution in [0, 0.1) is 11.6 Å². The van der Waals surface area contributed by atoms with Crippen molar-refractivity contribution in [1.82, 2.24) is 20.7 Å². The third-order valence-corrected chi connectivity index (χ3v) is 5.18. The number of amides is 4. The number of rotatable bonds is 15. The monoisotopic (exact) mass is 532 g/mol. The molecule has 0 aliphatic rings. The maximum Gasteiger partial charge on any atom is 0.337 e. The predicted molar refractivity (Wildman–Crippen MR) is 141 cm³/mol. The summed E-state index contributed by atoms with van der Waals surface area (Å²) in [5, 5.41) is 34.2. The maximum atomic E-state index is 13.0. The number of aliphatic hydroxyl groups is 2. The normalized spacial score (nSPS) is 11.2. The molecule has 0 bridgehead atoms. The number of hydrogen-bond donors (Lipinski definition) is 4. The average Bonchev–Trinajstić information content (AvgIpc) is 2.92. The summed E-state index contributed by atoms with van der Waals surface area (Å²) >= 11 is 0. The Morgan fingerprint density at radius 1 is 0.684 bits per heavy atom. The highest BCUT2D eigenvalue weighted by molar-refractivity contribution is 5.82. The highest BCUT2D eigenvalue weighted by Crippen LogP contribution is 2.03. The van der Waals surface area contributed by atoms with Gasteiger partial charge < -0.3 is 20.8 Å². The lowest BCUT2D eigenvalue weighted by atomic mass is 10.2. The van der Waals surface area contributed by atoms with Gasteiger partial charge in [0.05, 0.1) is 38.7 Å². The third kappa shape index (κ3) is 11.9. The molecule has 10 nitrogen and oxygen atoms in total. The lowest BCUT2D eigenvalue weighted by Crippen LogP contribution is -2.39. The van der Waals surface area contributed by atoms with Crippen molar-refractivity contribution in [3.63, 3.8) is 0 Å². The molecule has 0 spiro atoms. The third-order valence-electron chi connectivity index (χ3n) is 5.18. The SMILES string of the molecule is O=C(NCCCCCCNC(=O)N(CCO)/N=C/c1ccc(F)cc1)N(CCO)/N=C/c1ccc(F)cc1. The van der Waals surface area contributed by atoms with Crippen LogP contribution in [-0.2, 0) is 0 Å². The number of unbranched alkanes of at least 4 members (excludes halogenated alkanes) is 3. The number of carbonyl (C=O) groups is 2. The van der Waals surface area contributed by atoms with Crippen LogP contribution >= 0.6 is 0 Å². The first-order valence-corrected chi connectivity index (χ1v) is 12.3. The second kappa shape index (κ2) is 17.5. The van der Waals surface area contributed by atoms with Crippen LogP contribution in [0.3, 0.4) is 0 Å². The Balaban J connectivity index is 1.63. The summed E-state index contributed by atoms with van der Waals surface area (Å²) < 4.78 is 26.0. The number of halogens is 2. The Bertz CT molecular complexity index is 952. The van der Waals surface area contributed by atoms with E-state index in [4.69, 9.17) is 0 Å². The highest BCUT2D eigenvalue weighted by Gasteiger charge is 2.12. The molecule has 0 fully saturated rings. The topological polar surface area (TPSA) is 130 Å². The van der Waals surface area contributed by atoms with E-state index in [0.29, 0.717) is 37.1 Å². The number of urea groups is 2. The molecule has 12 heteroatoms. The van der Waals surface area contributed by atoms with E-state index in [1.165, 1.54) is 61.0 Å². The number of hydrazone groups is 2. The molecular weight excluding hydrogens is 498 g/mol. The maximum absolute atomic E-state index is 13.0. The molecule has 0 saturated heterocycles. The quantitative estimate of drug-likeness (QED) is 0.160. The van der Waals surface area contributed by atoms with Crippen LogP contribution in [0.2, 0.25) is 0 Å². The standard InChI is InChI=1S/C26H34F2N6O4/c27-23-9-5-21(6-10-23)19-31-33(15-17-35)25(37)29-13-3-1-2-4-14-30-26(38)34(16-18-36)32-20-22-7-11-24(28)12-8-22/h5-12,19-20,35-36H,1-4,13-18H2,(H,29,37)(H,30,38)/b31-19+,32-20+. The molecule has 0 aromatic heterocycles. The molecule has 2 rings (SSSR count). The Labute approximate surface area is 220 Å². The van der Waals surface area contributed by atoms with Crippen molar-refractivity contribution in [3.8, 4) is 0 Å². The van der Waals surface area contributed by atoms with E-state index in [0.717, 1.165) is 22.9 Å². The molecule has 0 saturated carbocycles. The molecule has 0 aliphatic heterocycles. The first kappa shape index (κ1) is 30.3. The Morgan fingerprint density at radius 3 is 1.39 bits per heavy atom. The van der Waals surface area contributed by atoms with E-state index in [-0.39, 0.29) is 37.9 Å². The first-order valence-electron chi connectivity index (χ1n) is 12.3. The molecule has 2 aromatic rings. The molecular formula is C26H34F2N6O4. The fourth-order valence-corrected chi connectivity index (χ4v) is 3.16. The van der Waals surface area contributed by atoms with Crippen molar-refractivity contribution >= 4 is 24.5 Å². The highest BCUT2D eigenvalue weighted by atomic mass is 19.1. The van der Waals surface area contributed by atoms with E-state index in [1.807, 2.05) is 0 Å². The molecule has 0 heterocycles. The van der Waals surface area contributed by atoms with Gasteiger partial charge in [0.25, 0.3) is 0 Å². The summed E-state index contributed by atoms with van der Waals surface area (Å²) in [6, 6.07) is 10.4. The number of benzene rings is 2. The van der Waals surface area contributed by atoms with E-state index in [2.05, 4.69) is 20.8 Å². The van der Waals surface area contributed by atoms with Crippen molar-refractivity contribution in [2.45, 2.75) is 25.7 Å². The fraction of sp³-hybridized carbons (Fsp3) is 0.385. The summed E-state index contributed by atoms with van der Waals surface area (Å²) in [4.78, 5) is 24.7. The molecule has 4 amide bonds. The van der Waals surface area contributed by atoms with Gasteiger partial charge in [-0.1, -0.05) is 37.1 Å². The zero-order valence-corrected chi connectivity index (χ0v) is 21.1. The van der Waals surface area contributed by atoms with Gasteiger partial charge in [-0.2, -0.15) is 10.2 Å². The molecule has 0 atom stereocenters. The van der Waals surface area contributed by atoms with Gasteiger partial charge in [-0.3, -0.25) is 0 Å². The second-order valence-electron chi connectivity index (χ2n) is 8.16. The lowest BCUT2D eigenvalue weighted by molar-refractivity contribution is 0.179. The zero-order valence-electron chi connectivity index (χ0n) is 21.1. The number of aliphatic hydroxyl groups excluding tert-OH is 2. The number of hydrogen-bond acceptors (Lipinski definition) is 6. The summed E-state index contributed by atoms with van der Waals surface area (Å²) in [7, 11) is 0. The van der Waals surface area contributed by atoms with Crippen LogP contribution in [0.5, 0.6) is 0 Å². The average molecular weight is 533 g/mol. The molecule has 0 aliphatic carbocycles. The van der Waals surface area contributed by atoms with E-state index in [9.17, 15) is 28.6 Å². The molecule has 2 aromatic carbocycles. The Hall–Kier alpha value is -3.90. The van der Waals surface area contributed by atoms with Crippen molar-refractivity contribution in [2.75, 3.05) is 39.4 Å². The van der Waals surface area contributed by atoms with Crippen LogP contribution < -0.4 is 10.6 Å². The molecule has 4 N–H and O–H groups in total. The summed E-state index contributed by atoms with van der Waals surface area (Å²) in [5.41, 5.74) is 1.24. The molecule has 0 radical (unpaired) electrons. The van der Waals surface area contributed by atoms with Crippen LogP contribution in [0.1, 0.15) is 36.8 Å². The van der Waals surface area contributed by atoms with Crippen molar-refractivity contribution < 1.29 is 28.6 Å². The minimum absolute atomic E-state index is 0.0183. The summed E-state index contributed by atoms with van der Waals surface area (Å²) in [6.45, 7) is 0.360. The number of nitrogens with zero attached hydrogens (tertiary/aromatic N) is 4. The van der Waals surface area contributed by atoms with Crippen LogP contribution in [-0.4, -0.2) is 84.1 Å². The van der Waals surface area contributed by atoms with Gasteiger partial charge in [0, 0.05) is 13.1 Å². The smallest absolute Gasteiger partial charge is 0.337 e. The second-order valence-corrected chi connectivity index (χ2v) is 8.16. The Kier molecular flexibility index (Phi) is 14.0. The van der Waals surface area contributed by atoms with Crippen molar-refractivity contribution in [1.29, 1.82) is 0 Å². The minimum atomic E-state index is -0.449. The predicted octanol–water partition coefficient (Wildman–Crippen LogP) is 2.90. The van der Waals surface area contributed by atoms with Crippen molar-refractivity contribution in [2.24, 2.45) is 10.2 Å².